The SMILES string of the molecule is CN(c1cccc(-c2ccnc3c(C(=O)c4ccccc4)cnn23)c1)S(C)(=O)=O. The number of hydrogen-bond donors (Lipinski definition) is 0. The van der Waals surface area contributed by atoms with Crippen LogP contribution in [0.5, 0.6) is 0 Å². The van der Waals surface area contributed by atoms with Crippen molar-refractivity contribution in [3.63, 3.8) is 0 Å². The Balaban J connectivity index is 1.81. The van der Waals surface area contributed by atoms with Gasteiger partial charge in [0.05, 0.1) is 29.4 Å². The third kappa shape index (κ3) is 3.50. The lowest BCUT2D eigenvalue weighted by Gasteiger charge is -2.17. The van der Waals surface area contributed by atoms with Crippen LogP contribution in [0.1, 0.15) is 15.9 Å². The van der Waals surface area contributed by atoms with E-state index in [-0.39, 0.29) is 5.78 Å². The van der Waals surface area contributed by atoms with E-state index in [0.29, 0.717) is 28.2 Å². The highest BCUT2D eigenvalue weighted by Crippen LogP contribution is 2.26. The minimum absolute atomic E-state index is 0.157. The van der Waals surface area contributed by atoms with E-state index in [2.05, 4.69) is 10.1 Å². The van der Waals surface area contributed by atoms with Crippen LogP contribution in [0.4, 0.5) is 5.69 Å². The second kappa shape index (κ2) is 7.14. The third-order valence-electron chi connectivity index (χ3n) is 4.68. The van der Waals surface area contributed by atoms with E-state index in [1.54, 1.807) is 47.1 Å². The summed E-state index contributed by atoms with van der Waals surface area (Å²) in [6.07, 6.45) is 4.27. The quantitative estimate of drug-likeness (QED) is 0.476. The van der Waals surface area contributed by atoms with Crippen molar-refractivity contribution >= 4 is 27.1 Å². The van der Waals surface area contributed by atoms with Crippen LogP contribution in [0.3, 0.4) is 0 Å². The van der Waals surface area contributed by atoms with E-state index in [1.165, 1.54) is 17.5 Å². The highest BCUT2D eigenvalue weighted by atomic mass is 32.2. The molecule has 7 nitrogen and oxygen atoms in total. The van der Waals surface area contributed by atoms with Crippen molar-refractivity contribution in [2.24, 2.45) is 0 Å². The second-order valence-electron chi connectivity index (χ2n) is 6.60. The van der Waals surface area contributed by atoms with Crippen molar-refractivity contribution < 1.29 is 13.2 Å². The smallest absolute Gasteiger partial charge is 0.231 e. The van der Waals surface area contributed by atoms with Crippen molar-refractivity contribution in [1.29, 1.82) is 0 Å². The molecule has 0 atom stereocenters. The van der Waals surface area contributed by atoms with Gasteiger partial charge in [-0.05, 0) is 18.2 Å². The lowest BCUT2D eigenvalue weighted by Crippen LogP contribution is -2.24. The lowest BCUT2D eigenvalue weighted by atomic mass is 10.1. The lowest BCUT2D eigenvalue weighted by molar-refractivity contribution is 0.104. The Hall–Kier alpha value is -3.52. The molecule has 0 fully saturated rings. The van der Waals surface area contributed by atoms with Gasteiger partial charge in [-0.25, -0.2) is 17.9 Å². The van der Waals surface area contributed by atoms with Crippen LogP contribution in [0.25, 0.3) is 16.9 Å². The van der Waals surface area contributed by atoms with Crippen LogP contribution in [-0.2, 0) is 10.0 Å². The molecule has 4 rings (SSSR count). The Morgan fingerprint density at radius 2 is 1.79 bits per heavy atom. The van der Waals surface area contributed by atoms with Gasteiger partial charge in [0.1, 0.15) is 0 Å². The zero-order chi connectivity index (χ0) is 20.6. The van der Waals surface area contributed by atoms with Crippen LogP contribution in [0.2, 0.25) is 0 Å². The summed E-state index contributed by atoms with van der Waals surface area (Å²) in [6.45, 7) is 0. The molecular formula is C21H18N4O3S. The number of nitrogens with zero attached hydrogens (tertiary/aromatic N) is 4. The van der Waals surface area contributed by atoms with Gasteiger partial charge in [0.2, 0.25) is 10.0 Å². The number of hydrogen-bond acceptors (Lipinski definition) is 5. The number of anilines is 1. The number of sulfonamides is 1. The Labute approximate surface area is 168 Å². The van der Waals surface area contributed by atoms with Crippen molar-refractivity contribution in [2.45, 2.75) is 0 Å². The molecule has 0 aliphatic rings. The molecule has 0 bridgehead atoms. The van der Waals surface area contributed by atoms with E-state index >= 15 is 0 Å². The Kier molecular flexibility index (Phi) is 4.63. The van der Waals surface area contributed by atoms with Crippen LogP contribution in [0, 0.1) is 0 Å². The highest BCUT2D eigenvalue weighted by molar-refractivity contribution is 7.92. The fourth-order valence-electron chi connectivity index (χ4n) is 3.07. The van der Waals surface area contributed by atoms with Gasteiger partial charge >= 0.3 is 0 Å². The van der Waals surface area contributed by atoms with E-state index < -0.39 is 10.0 Å². The van der Waals surface area contributed by atoms with Gasteiger partial charge in [-0.2, -0.15) is 5.10 Å². The monoisotopic (exact) mass is 406 g/mol. The van der Waals surface area contributed by atoms with Crippen LogP contribution >= 0.6 is 0 Å². The molecule has 0 amide bonds. The fourth-order valence-corrected chi connectivity index (χ4v) is 3.56. The molecule has 2 aromatic carbocycles. The van der Waals surface area contributed by atoms with Crippen molar-refractivity contribution in [3.05, 3.63) is 84.2 Å². The molecule has 8 heteroatoms. The normalized spacial score (nSPS) is 11.5. The van der Waals surface area contributed by atoms with Gasteiger partial charge in [0.25, 0.3) is 0 Å². The summed E-state index contributed by atoms with van der Waals surface area (Å²) in [5.74, 6) is -0.157. The van der Waals surface area contributed by atoms with Crippen molar-refractivity contribution in [1.82, 2.24) is 14.6 Å². The van der Waals surface area contributed by atoms with E-state index in [0.717, 1.165) is 11.8 Å². The largest absolute Gasteiger partial charge is 0.288 e. The zero-order valence-electron chi connectivity index (χ0n) is 15.9. The highest BCUT2D eigenvalue weighted by Gasteiger charge is 2.18. The first kappa shape index (κ1) is 18.8. The standard InChI is InChI=1S/C21H18N4O3S/c1-24(29(2,27)28)17-10-6-9-16(13-17)19-11-12-22-21-18(14-23-25(19)21)20(26)15-7-4-3-5-8-15/h3-14H,1-2H3. The first-order chi connectivity index (χ1) is 13.9. The maximum absolute atomic E-state index is 12.9. The topological polar surface area (TPSA) is 84.6 Å². The van der Waals surface area contributed by atoms with Gasteiger partial charge < -0.3 is 0 Å². The molecule has 2 heterocycles. The van der Waals surface area contributed by atoms with Crippen LogP contribution in [0.15, 0.2) is 73.1 Å². The van der Waals surface area contributed by atoms with Gasteiger partial charge in [-0.3, -0.25) is 9.10 Å². The maximum Gasteiger partial charge on any atom is 0.231 e. The number of aromatic nitrogens is 3. The molecule has 0 saturated carbocycles. The summed E-state index contributed by atoms with van der Waals surface area (Å²) in [7, 11) is -1.88. The second-order valence-corrected chi connectivity index (χ2v) is 8.61. The summed E-state index contributed by atoms with van der Waals surface area (Å²) in [4.78, 5) is 17.2. The average Bonchev–Trinajstić information content (AvgIpc) is 3.17. The number of rotatable bonds is 5. The molecule has 29 heavy (non-hydrogen) atoms. The van der Waals surface area contributed by atoms with Crippen molar-refractivity contribution in [3.8, 4) is 11.3 Å². The number of benzene rings is 2. The molecule has 0 aliphatic carbocycles. The van der Waals surface area contributed by atoms with E-state index in [1.807, 2.05) is 24.3 Å². The first-order valence-corrected chi connectivity index (χ1v) is 10.7. The predicted octanol–water partition coefficient (Wildman–Crippen LogP) is 3.02. The number of ketones is 1. The van der Waals surface area contributed by atoms with E-state index in [9.17, 15) is 13.2 Å². The molecule has 0 spiro atoms. The molecule has 0 unspecified atom stereocenters. The summed E-state index contributed by atoms with van der Waals surface area (Å²) >= 11 is 0. The van der Waals surface area contributed by atoms with Crippen LogP contribution in [-0.4, -0.2) is 42.1 Å². The minimum Gasteiger partial charge on any atom is -0.288 e. The molecule has 2 aromatic heterocycles. The summed E-state index contributed by atoms with van der Waals surface area (Å²) in [5, 5.41) is 4.37. The molecule has 4 aromatic rings. The Morgan fingerprint density at radius 3 is 2.52 bits per heavy atom. The number of carbonyl (C=O) groups excluding carboxylic acids is 1. The average molecular weight is 406 g/mol. The van der Waals surface area contributed by atoms with Crippen LogP contribution < -0.4 is 4.31 Å². The van der Waals surface area contributed by atoms with Gasteiger partial charge in [0, 0.05) is 24.4 Å². The Bertz CT molecular complexity index is 1310. The molecule has 0 saturated heterocycles. The Morgan fingerprint density at radius 1 is 1.03 bits per heavy atom. The number of fused-ring (bicyclic) bond motifs is 1. The summed E-state index contributed by atoms with van der Waals surface area (Å²) in [5.41, 5.74) is 3.40. The van der Waals surface area contributed by atoms with E-state index in [4.69, 9.17) is 0 Å². The fraction of sp³-hybridized carbons (Fsp3) is 0.0952. The maximum atomic E-state index is 12.9. The third-order valence-corrected chi connectivity index (χ3v) is 5.89. The minimum atomic E-state index is -3.38. The molecule has 0 N–H and O–H groups in total. The molecule has 146 valence electrons. The summed E-state index contributed by atoms with van der Waals surface area (Å²) < 4.78 is 26.5. The molecule has 0 aliphatic heterocycles. The first-order valence-electron chi connectivity index (χ1n) is 8.83. The molecule has 0 radical (unpaired) electrons. The van der Waals surface area contributed by atoms with Crippen molar-refractivity contribution in [2.75, 3.05) is 17.6 Å². The molecular weight excluding hydrogens is 388 g/mol. The van der Waals surface area contributed by atoms with Gasteiger partial charge in [-0.1, -0.05) is 42.5 Å². The van der Waals surface area contributed by atoms with Gasteiger partial charge in [0.15, 0.2) is 11.4 Å². The predicted molar refractivity (Wildman–Crippen MR) is 112 cm³/mol. The zero-order valence-corrected chi connectivity index (χ0v) is 16.7. The van der Waals surface area contributed by atoms with Gasteiger partial charge in [-0.15, -0.1) is 0 Å². The number of carbonyl (C=O) groups is 1. The summed E-state index contributed by atoms with van der Waals surface area (Å²) in [6, 6.07) is 17.9.